The third kappa shape index (κ3) is 3.65. The summed E-state index contributed by atoms with van der Waals surface area (Å²) in [5.41, 5.74) is 1.62. The molecule has 1 N–H and O–H groups in total. The molecule has 0 saturated carbocycles. The number of hydrogen-bond acceptors (Lipinski definition) is 2. The lowest BCUT2D eigenvalue weighted by Gasteiger charge is -2.01. The predicted molar refractivity (Wildman–Crippen MR) is 57.0 cm³/mol. The van der Waals surface area contributed by atoms with Crippen molar-refractivity contribution in [1.29, 1.82) is 5.26 Å². The summed E-state index contributed by atoms with van der Waals surface area (Å²) in [5, 5.41) is 17.1. The van der Waals surface area contributed by atoms with Crippen LogP contribution < -0.4 is 0 Å². The van der Waals surface area contributed by atoms with E-state index in [-0.39, 0.29) is 6.42 Å². The Kier molecular flexibility index (Phi) is 4.11. The Balaban J connectivity index is 2.87. The monoisotopic (exact) mass is 201 g/mol. The molecule has 1 rings (SSSR count). The van der Waals surface area contributed by atoms with Crippen LogP contribution in [0.1, 0.15) is 17.5 Å². The quantitative estimate of drug-likeness (QED) is 0.812. The van der Waals surface area contributed by atoms with E-state index in [1.165, 1.54) is 0 Å². The zero-order valence-corrected chi connectivity index (χ0v) is 8.18. The van der Waals surface area contributed by atoms with E-state index >= 15 is 0 Å². The molecule has 0 aliphatic rings. The third-order valence-corrected chi connectivity index (χ3v) is 1.90. The van der Waals surface area contributed by atoms with Gasteiger partial charge in [-0.25, -0.2) is 0 Å². The minimum Gasteiger partial charge on any atom is -0.481 e. The van der Waals surface area contributed by atoms with Gasteiger partial charge in [0.15, 0.2) is 0 Å². The van der Waals surface area contributed by atoms with E-state index in [1.807, 2.05) is 18.2 Å². The van der Waals surface area contributed by atoms with Crippen molar-refractivity contribution in [1.82, 2.24) is 0 Å². The van der Waals surface area contributed by atoms with Crippen molar-refractivity contribution in [3.63, 3.8) is 0 Å². The lowest BCUT2D eigenvalue weighted by molar-refractivity contribution is -0.136. The number of rotatable bonds is 4. The highest BCUT2D eigenvalue weighted by Crippen LogP contribution is 2.11. The summed E-state index contributed by atoms with van der Waals surface area (Å²) >= 11 is 0. The van der Waals surface area contributed by atoms with Gasteiger partial charge in [-0.1, -0.05) is 36.4 Å². The van der Waals surface area contributed by atoms with E-state index < -0.39 is 5.97 Å². The first kappa shape index (κ1) is 11.0. The van der Waals surface area contributed by atoms with E-state index in [4.69, 9.17) is 10.4 Å². The molecule has 0 fully saturated rings. The molecule has 0 bridgehead atoms. The molecule has 0 spiro atoms. The fourth-order valence-corrected chi connectivity index (χ4v) is 1.26. The molecular weight excluding hydrogens is 190 g/mol. The molecule has 0 unspecified atom stereocenters. The van der Waals surface area contributed by atoms with Gasteiger partial charge in [0.25, 0.3) is 0 Å². The molecule has 0 saturated heterocycles. The van der Waals surface area contributed by atoms with E-state index in [1.54, 1.807) is 24.3 Å². The van der Waals surface area contributed by atoms with Crippen molar-refractivity contribution < 1.29 is 9.90 Å². The van der Waals surface area contributed by atoms with Crippen molar-refractivity contribution >= 4 is 12.0 Å². The van der Waals surface area contributed by atoms with Gasteiger partial charge in [0.2, 0.25) is 0 Å². The Labute approximate surface area is 88.3 Å². The van der Waals surface area contributed by atoms with Gasteiger partial charge in [-0.3, -0.25) is 4.79 Å². The maximum atomic E-state index is 10.6. The van der Waals surface area contributed by atoms with Crippen LogP contribution in [0.5, 0.6) is 0 Å². The van der Waals surface area contributed by atoms with E-state index in [0.717, 1.165) is 11.1 Å². The Morgan fingerprint density at radius 3 is 2.87 bits per heavy atom. The molecule has 0 aromatic heterocycles. The fourth-order valence-electron chi connectivity index (χ4n) is 1.26. The first-order valence-electron chi connectivity index (χ1n) is 4.57. The summed E-state index contributed by atoms with van der Waals surface area (Å²) in [5.74, 6) is -0.851. The van der Waals surface area contributed by atoms with Gasteiger partial charge in [0.1, 0.15) is 0 Å². The summed E-state index contributed by atoms with van der Waals surface area (Å²) in [6.45, 7) is 0. The molecule has 1 aromatic rings. The molecule has 15 heavy (non-hydrogen) atoms. The summed E-state index contributed by atoms with van der Waals surface area (Å²) in [6, 6.07) is 9.26. The number of carboxylic acids is 1. The second kappa shape index (κ2) is 5.61. The largest absolute Gasteiger partial charge is 0.481 e. The third-order valence-electron chi connectivity index (χ3n) is 1.90. The van der Waals surface area contributed by atoms with E-state index in [9.17, 15) is 4.79 Å². The van der Waals surface area contributed by atoms with Crippen LogP contribution in [0.3, 0.4) is 0 Å². The Hall–Kier alpha value is -2.08. The molecule has 0 atom stereocenters. The van der Waals surface area contributed by atoms with Crippen LogP contribution in [0.2, 0.25) is 0 Å². The number of allylic oxidation sites excluding steroid dienone is 1. The first-order valence-corrected chi connectivity index (χ1v) is 4.57. The van der Waals surface area contributed by atoms with Crippen molar-refractivity contribution in [2.24, 2.45) is 0 Å². The summed E-state index contributed by atoms with van der Waals surface area (Å²) in [4.78, 5) is 10.6. The van der Waals surface area contributed by atoms with Gasteiger partial charge in [0, 0.05) is 0 Å². The van der Waals surface area contributed by atoms with Gasteiger partial charge < -0.3 is 5.11 Å². The van der Waals surface area contributed by atoms with Crippen molar-refractivity contribution in [3.05, 3.63) is 41.5 Å². The molecule has 0 aliphatic carbocycles. The first-order chi connectivity index (χ1) is 7.24. The van der Waals surface area contributed by atoms with Crippen LogP contribution >= 0.6 is 0 Å². The molecule has 1 aromatic carbocycles. The van der Waals surface area contributed by atoms with Gasteiger partial charge in [-0.05, 0) is 11.1 Å². The number of nitriles is 1. The number of hydrogen-bond donors (Lipinski definition) is 1. The second-order valence-electron chi connectivity index (χ2n) is 3.03. The normalized spacial score (nSPS) is 10.1. The predicted octanol–water partition coefficient (Wildman–Crippen LogP) is 2.24. The molecule has 0 amide bonds. The SMILES string of the molecule is N#CCC=Cc1ccccc1CC(=O)O. The topological polar surface area (TPSA) is 61.1 Å². The molecule has 0 aliphatic heterocycles. The molecular formula is C12H11NO2. The Morgan fingerprint density at radius 2 is 2.20 bits per heavy atom. The summed E-state index contributed by atoms with van der Waals surface area (Å²) in [6.07, 6.45) is 3.84. The highest BCUT2D eigenvalue weighted by atomic mass is 16.4. The number of carbonyl (C=O) groups is 1. The molecule has 0 heterocycles. The highest BCUT2D eigenvalue weighted by molar-refractivity contribution is 5.72. The average Bonchev–Trinajstić information content (AvgIpc) is 2.20. The minimum atomic E-state index is -0.851. The Morgan fingerprint density at radius 1 is 1.47 bits per heavy atom. The Bertz CT molecular complexity index is 416. The fraction of sp³-hybridized carbons (Fsp3) is 0.167. The second-order valence-corrected chi connectivity index (χ2v) is 3.03. The number of aliphatic carboxylic acids is 1. The van der Waals surface area contributed by atoms with Crippen LogP contribution in [-0.4, -0.2) is 11.1 Å². The van der Waals surface area contributed by atoms with Crippen LogP contribution in [0.15, 0.2) is 30.3 Å². The summed E-state index contributed by atoms with van der Waals surface area (Å²) in [7, 11) is 0. The number of nitrogens with zero attached hydrogens (tertiary/aromatic N) is 1. The van der Waals surface area contributed by atoms with Crippen LogP contribution in [0.4, 0.5) is 0 Å². The smallest absolute Gasteiger partial charge is 0.307 e. The van der Waals surface area contributed by atoms with Crippen LogP contribution in [0.25, 0.3) is 6.08 Å². The van der Waals surface area contributed by atoms with Gasteiger partial charge in [-0.2, -0.15) is 5.26 Å². The minimum absolute atomic E-state index is 0.00701. The van der Waals surface area contributed by atoms with Crippen molar-refractivity contribution in [2.75, 3.05) is 0 Å². The maximum Gasteiger partial charge on any atom is 0.307 e. The molecule has 0 radical (unpaired) electrons. The van der Waals surface area contributed by atoms with Gasteiger partial charge in [0.05, 0.1) is 18.9 Å². The molecule has 76 valence electrons. The zero-order chi connectivity index (χ0) is 11.1. The lowest BCUT2D eigenvalue weighted by Crippen LogP contribution is -2.01. The standard InChI is InChI=1S/C12H11NO2/c13-8-4-3-6-10-5-1-2-7-11(10)9-12(14)15/h1-3,5-7H,4,9H2,(H,14,15). The number of carboxylic acid groups (broad SMARTS) is 1. The lowest BCUT2D eigenvalue weighted by atomic mass is 10.0. The summed E-state index contributed by atoms with van der Waals surface area (Å²) < 4.78 is 0. The number of benzene rings is 1. The van der Waals surface area contributed by atoms with Crippen LogP contribution in [-0.2, 0) is 11.2 Å². The van der Waals surface area contributed by atoms with E-state index in [0.29, 0.717) is 6.42 Å². The highest BCUT2D eigenvalue weighted by Gasteiger charge is 2.03. The van der Waals surface area contributed by atoms with E-state index in [2.05, 4.69) is 0 Å². The van der Waals surface area contributed by atoms with Crippen molar-refractivity contribution in [3.8, 4) is 6.07 Å². The van der Waals surface area contributed by atoms with Crippen LogP contribution in [0, 0.1) is 11.3 Å². The van der Waals surface area contributed by atoms with Crippen molar-refractivity contribution in [2.45, 2.75) is 12.8 Å². The molecule has 3 heteroatoms. The molecule has 3 nitrogen and oxygen atoms in total. The van der Waals surface area contributed by atoms with Gasteiger partial charge >= 0.3 is 5.97 Å². The average molecular weight is 201 g/mol. The zero-order valence-electron chi connectivity index (χ0n) is 8.18. The van der Waals surface area contributed by atoms with Gasteiger partial charge in [-0.15, -0.1) is 0 Å². The maximum absolute atomic E-state index is 10.6.